The van der Waals surface area contributed by atoms with E-state index in [1.807, 2.05) is 12.1 Å². The molecule has 102 valence electrons. The molecule has 0 amide bonds. The third kappa shape index (κ3) is 3.49. The number of rotatable bonds is 4. The van der Waals surface area contributed by atoms with Crippen LogP contribution in [0.2, 0.25) is 0 Å². The Labute approximate surface area is 124 Å². The summed E-state index contributed by atoms with van der Waals surface area (Å²) in [5, 5.41) is 3.16. The number of thiophene rings is 1. The van der Waals surface area contributed by atoms with E-state index in [2.05, 4.69) is 21.2 Å². The molecule has 3 N–H and O–H groups in total. The molecule has 0 aliphatic carbocycles. The molecule has 1 heterocycles. The topological polar surface area (TPSA) is 72.2 Å². The second kappa shape index (κ2) is 5.52. The third-order valence-corrected chi connectivity index (χ3v) is 5.33. The lowest BCUT2D eigenvalue weighted by Gasteiger charge is -2.11. The van der Waals surface area contributed by atoms with E-state index in [9.17, 15) is 8.42 Å². The molecule has 1 aromatic heterocycles. The molecular weight excluding hydrogens is 348 g/mol. The maximum Gasteiger partial charge on any atom is 0.177 e. The Morgan fingerprint density at radius 2 is 2.05 bits per heavy atom. The summed E-state index contributed by atoms with van der Waals surface area (Å²) in [7, 11) is -3.30. The van der Waals surface area contributed by atoms with Crippen molar-refractivity contribution in [1.29, 1.82) is 0 Å². The number of nitrogens with two attached hydrogens (primary N) is 1. The SMILES string of the molecule is CS(=O)(=O)c1cccc(NCc2ccc(Br)s2)c1N. The summed E-state index contributed by atoms with van der Waals surface area (Å²) in [5.74, 6) is 0. The van der Waals surface area contributed by atoms with Gasteiger partial charge in [0.2, 0.25) is 0 Å². The van der Waals surface area contributed by atoms with Gasteiger partial charge in [-0.25, -0.2) is 8.42 Å². The van der Waals surface area contributed by atoms with Crippen molar-refractivity contribution in [2.45, 2.75) is 11.4 Å². The smallest absolute Gasteiger partial charge is 0.177 e. The molecule has 0 aliphatic rings. The van der Waals surface area contributed by atoms with Crippen molar-refractivity contribution >= 4 is 48.5 Å². The fourth-order valence-electron chi connectivity index (χ4n) is 1.65. The van der Waals surface area contributed by atoms with Gasteiger partial charge in [-0.2, -0.15) is 0 Å². The van der Waals surface area contributed by atoms with E-state index in [-0.39, 0.29) is 10.6 Å². The van der Waals surface area contributed by atoms with E-state index >= 15 is 0 Å². The number of hydrogen-bond donors (Lipinski definition) is 2. The minimum Gasteiger partial charge on any atom is -0.396 e. The maximum atomic E-state index is 11.6. The van der Waals surface area contributed by atoms with Crippen molar-refractivity contribution < 1.29 is 8.42 Å². The van der Waals surface area contributed by atoms with Crippen LogP contribution < -0.4 is 11.1 Å². The van der Waals surface area contributed by atoms with Crippen LogP contribution in [0, 0.1) is 0 Å². The lowest BCUT2D eigenvalue weighted by molar-refractivity contribution is 0.602. The molecule has 0 unspecified atom stereocenters. The number of halogens is 1. The molecule has 19 heavy (non-hydrogen) atoms. The molecule has 2 rings (SSSR count). The van der Waals surface area contributed by atoms with Crippen LogP contribution >= 0.6 is 27.3 Å². The van der Waals surface area contributed by atoms with Crippen LogP contribution in [0.5, 0.6) is 0 Å². The first kappa shape index (κ1) is 14.4. The maximum absolute atomic E-state index is 11.6. The number of nitrogen functional groups attached to an aromatic ring is 1. The molecule has 1 aromatic carbocycles. The minimum atomic E-state index is -3.30. The van der Waals surface area contributed by atoms with Gasteiger partial charge in [0, 0.05) is 17.7 Å². The van der Waals surface area contributed by atoms with Crippen LogP contribution in [0.1, 0.15) is 4.88 Å². The van der Waals surface area contributed by atoms with Gasteiger partial charge >= 0.3 is 0 Å². The Balaban J connectivity index is 2.22. The summed E-state index contributed by atoms with van der Waals surface area (Å²) >= 11 is 5.01. The highest BCUT2D eigenvalue weighted by Crippen LogP contribution is 2.28. The molecule has 0 atom stereocenters. The molecule has 0 saturated carbocycles. The molecule has 7 heteroatoms. The molecule has 0 bridgehead atoms. The van der Waals surface area contributed by atoms with Gasteiger partial charge in [0.05, 0.1) is 20.1 Å². The number of nitrogens with one attached hydrogen (secondary N) is 1. The second-order valence-electron chi connectivity index (χ2n) is 4.05. The molecular formula is C12H13BrN2O2S2. The Kier molecular flexibility index (Phi) is 4.17. The molecule has 4 nitrogen and oxygen atoms in total. The van der Waals surface area contributed by atoms with E-state index in [0.717, 1.165) is 14.9 Å². The van der Waals surface area contributed by atoms with Gasteiger partial charge < -0.3 is 11.1 Å². The van der Waals surface area contributed by atoms with Crippen molar-refractivity contribution in [1.82, 2.24) is 0 Å². The third-order valence-electron chi connectivity index (χ3n) is 2.55. The van der Waals surface area contributed by atoms with Crippen molar-refractivity contribution in [2.24, 2.45) is 0 Å². The lowest BCUT2D eigenvalue weighted by Crippen LogP contribution is -2.07. The quantitative estimate of drug-likeness (QED) is 0.821. The average Bonchev–Trinajstić information content (AvgIpc) is 2.72. The Morgan fingerprint density at radius 3 is 2.63 bits per heavy atom. The predicted molar refractivity (Wildman–Crippen MR) is 83.3 cm³/mol. The van der Waals surface area contributed by atoms with Gasteiger partial charge in [-0.05, 0) is 40.2 Å². The summed E-state index contributed by atoms with van der Waals surface area (Å²) in [6.45, 7) is 0.605. The Morgan fingerprint density at radius 1 is 1.32 bits per heavy atom. The summed E-state index contributed by atoms with van der Waals surface area (Å²) in [6.07, 6.45) is 1.15. The first-order valence-electron chi connectivity index (χ1n) is 5.44. The molecule has 0 saturated heterocycles. The number of benzene rings is 1. The molecule has 0 spiro atoms. The van der Waals surface area contributed by atoms with Crippen LogP contribution in [0.15, 0.2) is 39.0 Å². The van der Waals surface area contributed by atoms with E-state index in [4.69, 9.17) is 5.73 Å². The number of sulfone groups is 1. The molecule has 2 aromatic rings. The zero-order chi connectivity index (χ0) is 14.0. The van der Waals surface area contributed by atoms with Crippen molar-refractivity contribution in [3.63, 3.8) is 0 Å². The summed E-state index contributed by atoms with van der Waals surface area (Å²) in [5.41, 5.74) is 6.79. The Bertz CT molecular complexity index is 696. The van der Waals surface area contributed by atoms with E-state index in [1.54, 1.807) is 23.5 Å². The average molecular weight is 361 g/mol. The fourth-order valence-corrected chi connectivity index (χ4v) is 3.91. The normalized spacial score (nSPS) is 11.5. The number of para-hydroxylation sites is 1. The van der Waals surface area contributed by atoms with Gasteiger partial charge in [0.25, 0.3) is 0 Å². The van der Waals surface area contributed by atoms with Crippen LogP contribution in [-0.4, -0.2) is 14.7 Å². The van der Waals surface area contributed by atoms with Gasteiger partial charge in [-0.1, -0.05) is 6.07 Å². The largest absolute Gasteiger partial charge is 0.396 e. The minimum absolute atomic E-state index is 0.157. The number of hydrogen-bond acceptors (Lipinski definition) is 5. The second-order valence-corrected chi connectivity index (χ2v) is 8.58. The fraction of sp³-hybridized carbons (Fsp3) is 0.167. The van der Waals surface area contributed by atoms with Crippen molar-refractivity contribution in [2.75, 3.05) is 17.3 Å². The van der Waals surface area contributed by atoms with Crippen LogP contribution in [0.3, 0.4) is 0 Å². The standard InChI is InChI=1S/C12H13BrN2O2S2/c1-19(16,17)10-4-2-3-9(12(10)14)15-7-8-5-6-11(13)18-8/h2-6,15H,7,14H2,1H3. The van der Waals surface area contributed by atoms with Gasteiger partial charge in [0.15, 0.2) is 9.84 Å². The number of anilines is 2. The van der Waals surface area contributed by atoms with E-state index < -0.39 is 9.84 Å². The highest BCUT2D eigenvalue weighted by atomic mass is 79.9. The highest BCUT2D eigenvalue weighted by Gasteiger charge is 2.13. The van der Waals surface area contributed by atoms with Crippen LogP contribution in [-0.2, 0) is 16.4 Å². The van der Waals surface area contributed by atoms with Gasteiger partial charge in [-0.15, -0.1) is 11.3 Å². The highest BCUT2D eigenvalue weighted by molar-refractivity contribution is 9.11. The van der Waals surface area contributed by atoms with Gasteiger partial charge in [-0.3, -0.25) is 0 Å². The van der Waals surface area contributed by atoms with Crippen LogP contribution in [0.25, 0.3) is 0 Å². The zero-order valence-electron chi connectivity index (χ0n) is 10.2. The summed E-state index contributed by atoms with van der Waals surface area (Å²) in [6, 6.07) is 8.93. The molecule has 0 aliphatic heterocycles. The monoisotopic (exact) mass is 360 g/mol. The first-order valence-corrected chi connectivity index (χ1v) is 8.94. The van der Waals surface area contributed by atoms with Crippen LogP contribution in [0.4, 0.5) is 11.4 Å². The zero-order valence-corrected chi connectivity index (χ0v) is 13.4. The lowest BCUT2D eigenvalue weighted by atomic mass is 10.2. The Hall–Kier alpha value is -1.05. The van der Waals surface area contributed by atoms with E-state index in [1.165, 1.54) is 6.07 Å². The van der Waals surface area contributed by atoms with Gasteiger partial charge in [0.1, 0.15) is 0 Å². The van der Waals surface area contributed by atoms with Crippen molar-refractivity contribution in [3.8, 4) is 0 Å². The summed E-state index contributed by atoms with van der Waals surface area (Å²) in [4.78, 5) is 1.29. The summed E-state index contributed by atoms with van der Waals surface area (Å²) < 4.78 is 24.2. The molecule has 0 radical (unpaired) electrons. The van der Waals surface area contributed by atoms with E-state index in [0.29, 0.717) is 12.2 Å². The first-order chi connectivity index (χ1) is 8.88. The van der Waals surface area contributed by atoms with Crippen molar-refractivity contribution in [3.05, 3.63) is 39.0 Å². The predicted octanol–water partition coefficient (Wildman–Crippen LogP) is 3.11. The molecule has 0 fully saturated rings.